The van der Waals surface area contributed by atoms with Crippen LogP contribution in [0.2, 0.25) is 0 Å². The topological polar surface area (TPSA) is 44.9 Å². The van der Waals surface area contributed by atoms with Crippen molar-refractivity contribution in [3.8, 4) is 0 Å². The largest absolute Gasteiger partial charge is 0.361 e. The van der Waals surface area contributed by atoms with Crippen molar-refractivity contribution in [2.24, 2.45) is 5.41 Å². The van der Waals surface area contributed by atoms with Gasteiger partial charge < -0.3 is 10.3 Å². The van der Waals surface area contributed by atoms with Gasteiger partial charge in [0.15, 0.2) is 0 Å². The molecule has 20 heavy (non-hydrogen) atoms. The minimum atomic E-state index is 0.134. The maximum atomic E-state index is 12.1. The summed E-state index contributed by atoms with van der Waals surface area (Å²) in [5.74, 6) is 0.134. The van der Waals surface area contributed by atoms with Crippen molar-refractivity contribution in [1.29, 1.82) is 0 Å². The maximum absolute atomic E-state index is 12.1. The van der Waals surface area contributed by atoms with Crippen LogP contribution in [-0.2, 0) is 11.2 Å². The monoisotopic (exact) mass is 270 g/mol. The molecule has 2 N–H and O–H groups in total. The summed E-state index contributed by atoms with van der Waals surface area (Å²) in [4.78, 5) is 15.4. The molecular weight excluding hydrogens is 248 g/mol. The van der Waals surface area contributed by atoms with E-state index >= 15 is 0 Å². The number of amides is 1. The molecule has 1 amide bonds. The Bertz CT molecular complexity index is 605. The molecule has 3 nitrogen and oxygen atoms in total. The third-order valence-electron chi connectivity index (χ3n) is 4.85. The van der Waals surface area contributed by atoms with Crippen LogP contribution in [-0.4, -0.2) is 17.4 Å². The molecule has 1 aromatic heterocycles. The molecule has 0 saturated heterocycles. The second-order valence-corrected chi connectivity index (χ2v) is 6.02. The smallest absolute Gasteiger partial charge is 0.224 e. The third-order valence-corrected chi connectivity index (χ3v) is 4.85. The van der Waals surface area contributed by atoms with Crippen molar-refractivity contribution in [2.45, 2.75) is 39.0 Å². The van der Waals surface area contributed by atoms with Gasteiger partial charge in [0.05, 0.1) is 6.42 Å². The number of hydrogen-bond acceptors (Lipinski definition) is 1. The Labute approximate surface area is 119 Å². The fourth-order valence-corrected chi connectivity index (χ4v) is 3.13. The lowest BCUT2D eigenvalue weighted by Crippen LogP contribution is -2.42. The van der Waals surface area contributed by atoms with Gasteiger partial charge in [-0.2, -0.15) is 0 Å². The molecule has 0 bridgehead atoms. The van der Waals surface area contributed by atoms with Crippen molar-refractivity contribution < 1.29 is 4.79 Å². The van der Waals surface area contributed by atoms with Crippen molar-refractivity contribution >= 4 is 16.8 Å². The minimum absolute atomic E-state index is 0.134. The molecule has 1 aliphatic carbocycles. The summed E-state index contributed by atoms with van der Waals surface area (Å²) in [6.45, 7) is 3.07. The zero-order valence-corrected chi connectivity index (χ0v) is 12.0. The van der Waals surface area contributed by atoms with E-state index in [1.165, 1.54) is 25.7 Å². The summed E-state index contributed by atoms with van der Waals surface area (Å²) in [7, 11) is 0. The van der Waals surface area contributed by atoms with Gasteiger partial charge in [-0.3, -0.25) is 4.79 Å². The van der Waals surface area contributed by atoms with Gasteiger partial charge in [-0.1, -0.05) is 31.5 Å². The van der Waals surface area contributed by atoms with Gasteiger partial charge in [0, 0.05) is 23.6 Å². The van der Waals surface area contributed by atoms with Crippen LogP contribution in [0, 0.1) is 5.41 Å². The normalized spacial score (nSPS) is 16.9. The van der Waals surface area contributed by atoms with E-state index in [4.69, 9.17) is 0 Å². The van der Waals surface area contributed by atoms with Crippen LogP contribution in [0.4, 0.5) is 0 Å². The molecule has 1 aromatic carbocycles. The number of carbonyl (C=O) groups excluding carboxylic acids is 1. The lowest BCUT2D eigenvalue weighted by molar-refractivity contribution is -0.121. The predicted octanol–water partition coefficient (Wildman–Crippen LogP) is 3.41. The second kappa shape index (κ2) is 5.31. The molecule has 3 rings (SSSR count). The molecule has 1 saturated carbocycles. The highest BCUT2D eigenvalue weighted by atomic mass is 16.1. The first-order valence-electron chi connectivity index (χ1n) is 7.54. The summed E-state index contributed by atoms with van der Waals surface area (Å²) in [5, 5.41) is 4.28. The van der Waals surface area contributed by atoms with Crippen molar-refractivity contribution in [2.75, 3.05) is 6.54 Å². The first kappa shape index (κ1) is 13.2. The number of rotatable bonds is 5. The molecule has 3 heteroatoms. The maximum Gasteiger partial charge on any atom is 0.224 e. The van der Waals surface area contributed by atoms with E-state index in [1.807, 2.05) is 24.4 Å². The average Bonchev–Trinajstić information content (AvgIpc) is 2.82. The molecule has 1 fully saturated rings. The molecule has 0 spiro atoms. The Morgan fingerprint density at radius 2 is 2.15 bits per heavy atom. The van der Waals surface area contributed by atoms with E-state index in [2.05, 4.69) is 23.3 Å². The summed E-state index contributed by atoms with van der Waals surface area (Å²) in [6.07, 6.45) is 7.41. The van der Waals surface area contributed by atoms with Crippen LogP contribution in [0.1, 0.15) is 38.2 Å². The van der Waals surface area contributed by atoms with Crippen LogP contribution >= 0.6 is 0 Å². The minimum Gasteiger partial charge on any atom is -0.361 e. The van der Waals surface area contributed by atoms with E-state index in [1.54, 1.807) is 0 Å². The van der Waals surface area contributed by atoms with Crippen molar-refractivity contribution in [3.05, 3.63) is 36.0 Å². The van der Waals surface area contributed by atoms with Gasteiger partial charge >= 0.3 is 0 Å². The van der Waals surface area contributed by atoms with E-state index in [-0.39, 0.29) is 5.91 Å². The highest BCUT2D eigenvalue weighted by Crippen LogP contribution is 2.43. The Balaban J connectivity index is 1.61. The molecule has 1 heterocycles. The van der Waals surface area contributed by atoms with Crippen molar-refractivity contribution in [1.82, 2.24) is 10.3 Å². The van der Waals surface area contributed by atoms with Crippen molar-refractivity contribution in [3.63, 3.8) is 0 Å². The standard InChI is InChI=1S/C17H22N2O/c1-2-17(8-5-9-17)12-19-16(20)10-13-11-18-15-7-4-3-6-14(13)15/h3-4,6-7,11,18H,2,5,8-10,12H2,1H3,(H,19,20). The van der Waals surface area contributed by atoms with E-state index in [0.29, 0.717) is 11.8 Å². The summed E-state index contributed by atoms with van der Waals surface area (Å²) < 4.78 is 0. The molecule has 0 atom stereocenters. The highest BCUT2D eigenvalue weighted by molar-refractivity contribution is 5.88. The number of aromatic nitrogens is 1. The molecule has 106 valence electrons. The Hall–Kier alpha value is -1.77. The van der Waals surface area contributed by atoms with Gasteiger partial charge in [0.25, 0.3) is 0 Å². The molecule has 0 unspecified atom stereocenters. The fourth-order valence-electron chi connectivity index (χ4n) is 3.13. The number of hydrogen-bond donors (Lipinski definition) is 2. The van der Waals surface area contributed by atoms with E-state index < -0.39 is 0 Å². The number of para-hydroxylation sites is 1. The van der Waals surface area contributed by atoms with E-state index in [0.717, 1.165) is 23.0 Å². The second-order valence-electron chi connectivity index (χ2n) is 6.02. The number of carbonyl (C=O) groups is 1. The SMILES string of the molecule is CCC1(CNC(=O)Cc2c[nH]c3ccccc23)CCC1. The van der Waals surface area contributed by atoms with Gasteiger partial charge in [0.2, 0.25) is 5.91 Å². The quantitative estimate of drug-likeness (QED) is 0.859. The number of aromatic amines is 1. The van der Waals surface area contributed by atoms with Crippen LogP contribution in [0.5, 0.6) is 0 Å². The molecular formula is C17H22N2O. The zero-order chi connectivity index (χ0) is 14.0. The summed E-state index contributed by atoms with van der Waals surface area (Å²) in [6, 6.07) is 8.12. The number of nitrogens with one attached hydrogen (secondary N) is 2. The molecule has 2 aromatic rings. The Kier molecular flexibility index (Phi) is 3.51. The third kappa shape index (κ3) is 2.45. The summed E-state index contributed by atoms with van der Waals surface area (Å²) in [5.41, 5.74) is 2.56. The van der Waals surface area contributed by atoms with Gasteiger partial charge in [0.1, 0.15) is 0 Å². The molecule has 0 aliphatic heterocycles. The zero-order valence-electron chi connectivity index (χ0n) is 12.0. The van der Waals surface area contributed by atoms with Gasteiger partial charge in [-0.25, -0.2) is 0 Å². The Morgan fingerprint density at radius 3 is 2.85 bits per heavy atom. The summed E-state index contributed by atoms with van der Waals surface area (Å²) >= 11 is 0. The number of benzene rings is 1. The Morgan fingerprint density at radius 1 is 1.35 bits per heavy atom. The first-order valence-corrected chi connectivity index (χ1v) is 7.54. The lowest BCUT2D eigenvalue weighted by Gasteiger charge is -2.41. The van der Waals surface area contributed by atoms with E-state index in [9.17, 15) is 4.79 Å². The van der Waals surface area contributed by atoms with Crippen LogP contribution in [0.15, 0.2) is 30.5 Å². The number of H-pyrrole nitrogens is 1. The van der Waals surface area contributed by atoms with Gasteiger partial charge in [-0.05, 0) is 36.3 Å². The lowest BCUT2D eigenvalue weighted by atomic mass is 9.67. The fraction of sp³-hybridized carbons (Fsp3) is 0.471. The molecule has 0 radical (unpaired) electrons. The number of fused-ring (bicyclic) bond motifs is 1. The van der Waals surface area contributed by atoms with Crippen LogP contribution < -0.4 is 5.32 Å². The van der Waals surface area contributed by atoms with Crippen LogP contribution in [0.3, 0.4) is 0 Å². The average molecular weight is 270 g/mol. The molecule has 1 aliphatic rings. The van der Waals surface area contributed by atoms with Crippen LogP contribution in [0.25, 0.3) is 10.9 Å². The predicted molar refractivity (Wildman–Crippen MR) is 81.6 cm³/mol. The van der Waals surface area contributed by atoms with Gasteiger partial charge in [-0.15, -0.1) is 0 Å². The first-order chi connectivity index (χ1) is 9.72. The highest BCUT2D eigenvalue weighted by Gasteiger charge is 2.35.